The van der Waals surface area contributed by atoms with Crippen molar-refractivity contribution >= 4 is 17.7 Å². The van der Waals surface area contributed by atoms with Crippen LogP contribution in [0.2, 0.25) is 0 Å². The molecule has 0 aliphatic heterocycles. The maximum absolute atomic E-state index is 12.1. The normalized spacial score (nSPS) is 11.6. The van der Waals surface area contributed by atoms with Gasteiger partial charge in [-0.2, -0.15) is 11.8 Å². The van der Waals surface area contributed by atoms with Gasteiger partial charge in [-0.3, -0.25) is 4.79 Å². The van der Waals surface area contributed by atoms with Crippen molar-refractivity contribution in [2.45, 2.75) is 25.7 Å². The highest BCUT2D eigenvalue weighted by Crippen LogP contribution is 2.18. The second-order valence-corrected chi connectivity index (χ2v) is 6.87. The predicted octanol–water partition coefficient (Wildman–Crippen LogP) is 3.82. The van der Waals surface area contributed by atoms with Gasteiger partial charge in [-0.15, -0.1) is 0 Å². The molecule has 4 nitrogen and oxygen atoms in total. The number of carbonyl (C=O) groups excluding carboxylic acids is 1. The standard InChI is InChI=1S/C20H25NO3S/c1-15-4-6-17(7-5-15)14-25-13-12-21-20(22)16(2)24-19-10-8-18(23-3)9-11-19/h4-11,16H,12-14H2,1-3H3,(H,21,22)/t16-/m1/s1. The van der Waals surface area contributed by atoms with Crippen LogP contribution in [0, 0.1) is 6.92 Å². The molecule has 2 aromatic rings. The van der Waals surface area contributed by atoms with E-state index in [2.05, 4.69) is 36.5 Å². The molecule has 0 fully saturated rings. The first kappa shape index (κ1) is 19.2. The zero-order valence-electron chi connectivity index (χ0n) is 15.0. The molecular weight excluding hydrogens is 334 g/mol. The van der Waals surface area contributed by atoms with Crippen molar-refractivity contribution in [3.63, 3.8) is 0 Å². The van der Waals surface area contributed by atoms with Crippen LogP contribution >= 0.6 is 11.8 Å². The SMILES string of the molecule is COc1ccc(O[C@H](C)C(=O)NCCSCc2ccc(C)cc2)cc1. The molecule has 0 unspecified atom stereocenters. The monoisotopic (exact) mass is 359 g/mol. The summed E-state index contributed by atoms with van der Waals surface area (Å²) in [7, 11) is 1.61. The van der Waals surface area contributed by atoms with Crippen LogP contribution in [0.15, 0.2) is 48.5 Å². The van der Waals surface area contributed by atoms with Crippen LogP contribution in [0.3, 0.4) is 0 Å². The van der Waals surface area contributed by atoms with Crippen LogP contribution in [-0.4, -0.2) is 31.4 Å². The third-order valence-electron chi connectivity index (χ3n) is 3.68. The van der Waals surface area contributed by atoms with Crippen LogP contribution in [0.1, 0.15) is 18.1 Å². The van der Waals surface area contributed by atoms with Gasteiger partial charge in [0.05, 0.1) is 7.11 Å². The molecule has 5 heteroatoms. The molecule has 0 aliphatic carbocycles. The minimum atomic E-state index is -0.532. The average molecular weight is 359 g/mol. The molecule has 0 aliphatic rings. The molecule has 1 amide bonds. The quantitative estimate of drug-likeness (QED) is 0.692. The summed E-state index contributed by atoms with van der Waals surface area (Å²) in [5, 5.41) is 2.91. The Morgan fingerprint density at radius 1 is 1.08 bits per heavy atom. The smallest absolute Gasteiger partial charge is 0.260 e. The summed E-state index contributed by atoms with van der Waals surface area (Å²) in [6.07, 6.45) is -0.532. The number of nitrogens with one attached hydrogen (secondary N) is 1. The van der Waals surface area contributed by atoms with Crippen molar-refractivity contribution < 1.29 is 14.3 Å². The Kier molecular flexibility index (Phi) is 7.67. The van der Waals surface area contributed by atoms with E-state index in [1.54, 1.807) is 37.9 Å². The number of ether oxygens (including phenoxy) is 2. The molecule has 1 N–H and O–H groups in total. The molecule has 0 saturated heterocycles. The molecule has 0 radical (unpaired) electrons. The van der Waals surface area contributed by atoms with E-state index >= 15 is 0 Å². The number of aryl methyl sites for hydroxylation is 1. The predicted molar refractivity (Wildman–Crippen MR) is 103 cm³/mol. The van der Waals surface area contributed by atoms with Crippen LogP contribution in [0.5, 0.6) is 11.5 Å². The number of hydrogen-bond acceptors (Lipinski definition) is 4. The zero-order valence-corrected chi connectivity index (χ0v) is 15.8. The first-order valence-corrected chi connectivity index (χ1v) is 9.45. The van der Waals surface area contributed by atoms with Gasteiger partial charge in [0.15, 0.2) is 6.10 Å². The highest BCUT2D eigenvalue weighted by Gasteiger charge is 2.13. The molecule has 2 rings (SSSR count). The van der Waals surface area contributed by atoms with Crippen LogP contribution < -0.4 is 14.8 Å². The summed E-state index contributed by atoms with van der Waals surface area (Å²) < 4.78 is 10.7. The fraction of sp³-hybridized carbons (Fsp3) is 0.350. The van der Waals surface area contributed by atoms with E-state index in [1.165, 1.54) is 11.1 Å². The molecule has 0 heterocycles. The molecule has 134 valence electrons. The van der Waals surface area contributed by atoms with Crippen molar-refractivity contribution in [3.05, 3.63) is 59.7 Å². The summed E-state index contributed by atoms with van der Waals surface area (Å²) in [6.45, 7) is 4.46. The van der Waals surface area contributed by atoms with Crippen LogP contribution in [0.25, 0.3) is 0 Å². The minimum absolute atomic E-state index is 0.105. The fourth-order valence-electron chi connectivity index (χ4n) is 2.18. The zero-order chi connectivity index (χ0) is 18.1. The largest absolute Gasteiger partial charge is 0.497 e. The Labute approximate surface area is 153 Å². The summed E-state index contributed by atoms with van der Waals surface area (Å²) in [6, 6.07) is 15.7. The second kappa shape index (κ2) is 9.99. The third-order valence-corrected chi connectivity index (χ3v) is 4.71. The Hall–Kier alpha value is -2.14. The number of thioether (sulfide) groups is 1. The maximum atomic E-state index is 12.1. The molecule has 2 aromatic carbocycles. The topological polar surface area (TPSA) is 47.6 Å². The van der Waals surface area contributed by atoms with Gasteiger partial charge in [0.1, 0.15) is 11.5 Å². The average Bonchev–Trinajstić information content (AvgIpc) is 2.63. The van der Waals surface area contributed by atoms with Gasteiger partial charge in [-0.05, 0) is 43.7 Å². The Balaban J connectivity index is 1.64. The molecule has 0 aromatic heterocycles. The van der Waals surface area contributed by atoms with Crippen LogP contribution in [0.4, 0.5) is 0 Å². The third kappa shape index (κ3) is 6.70. The second-order valence-electron chi connectivity index (χ2n) is 5.76. The Morgan fingerprint density at radius 2 is 1.72 bits per heavy atom. The van der Waals surface area contributed by atoms with Gasteiger partial charge in [-0.1, -0.05) is 29.8 Å². The number of rotatable bonds is 9. The molecule has 25 heavy (non-hydrogen) atoms. The number of hydrogen-bond donors (Lipinski definition) is 1. The summed E-state index contributed by atoms with van der Waals surface area (Å²) >= 11 is 1.80. The summed E-state index contributed by atoms with van der Waals surface area (Å²) in [5.41, 5.74) is 2.57. The van der Waals surface area contributed by atoms with E-state index in [-0.39, 0.29) is 5.91 Å². The first-order valence-electron chi connectivity index (χ1n) is 8.30. The molecule has 0 bridgehead atoms. The molecule has 1 atom stereocenters. The highest BCUT2D eigenvalue weighted by molar-refractivity contribution is 7.98. The van der Waals surface area contributed by atoms with Gasteiger partial charge in [0, 0.05) is 18.1 Å². The number of amides is 1. The van der Waals surface area contributed by atoms with E-state index in [0.29, 0.717) is 12.3 Å². The van der Waals surface area contributed by atoms with Crippen molar-refractivity contribution in [1.29, 1.82) is 0 Å². The van der Waals surface area contributed by atoms with E-state index in [9.17, 15) is 4.79 Å². The number of methoxy groups -OCH3 is 1. The van der Waals surface area contributed by atoms with Crippen molar-refractivity contribution in [2.24, 2.45) is 0 Å². The number of benzene rings is 2. The minimum Gasteiger partial charge on any atom is -0.497 e. The van der Waals surface area contributed by atoms with Gasteiger partial charge in [0.2, 0.25) is 0 Å². The lowest BCUT2D eigenvalue weighted by molar-refractivity contribution is -0.127. The van der Waals surface area contributed by atoms with Crippen molar-refractivity contribution in [3.8, 4) is 11.5 Å². The lowest BCUT2D eigenvalue weighted by Gasteiger charge is -2.15. The summed E-state index contributed by atoms with van der Waals surface area (Å²) in [4.78, 5) is 12.1. The van der Waals surface area contributed by atoms with E-state index in [1.807, 2.05) is 12.1 Å². The van der Waals surface area contributed by atoms with E-state index < -0.39 is 6.10 Å². The Morgan fingerprint density at radius 3 is 2.36 bits per heavy atom. The van der Waals surface area contributed by atoms with Gasteiger partial charge < -0.3 is 14.8 Å². The number of carbonyl (C=O) groups is 1. The fourth-order valence-corrected chi connectivity index (χ4v) is 3.00. The van der Waals surface area contributed by atoms with Gasteiger partial charge in [0.25, 0.3) is 5.91 Å². The van der Waals surface area contributed by atoms with Crippen molar-refractivity contribution in [2.75, 3.05) is 19.4 Å². The van der Waals surface area contributed by atoms with Gasteiger partial charge >= 0.3 is 0 Å². The molecule has 0 spiro atoms. The van der Waals surface area contributed by atoms with Crippen molar-refractivity contribution in [1.82, 2.24) is 5.32 Å². The Bertz CT molecular complexity index is 656. The summed E-state index contributed by atoms with van der Waals surface area (Å²) in [5.74, 6) is 3.13. The lowest BCUT2D eigenvalue weighted by atomic mass is 10.2. The highest BCUT2D eigenvalue weighted by atomic mass is 32.2. The van der Waals surface area contributed by atoms with Gasteiger partial charge in [-0.25, -0.2) is 0 Å². The van der Waals surface area contributed by atoms with E-state index in [0.717, 1.165) is 17.3 Å². The first-order chi connectivity index (χ1) is 12.1. The van der Waals surface area contributed by atoms with Crippen LogP contribution in [-0.2, 0) is 10.5 Å². The maximum Gasteiger partial charge on any atom is 0.260 e. The molecular formula is C20H25NO3S. The molecule has 0 saturated carbocycles. The van der Waals surface area contributed by atoms with E-state index in [4.69, 9.17) is 9.47 Å². The lowest BCUT2D eigenvalue weighted by Crippen LogP contribution is -2.37.